The molecule has 0 aliphatic heterocycles. The summed E-state index contributed by atoms with van der Waals surface area (Å²) in [6, 6.07) is 2.01. The van der Waals surface area contributed by atoms with Crippen molar-refractivity contribution in [1.82, 2.24) is 10.3 Å². The number of carbonyl (C=O) groups is 1. The Kier molecular flexibility index (Phi) is 5.83. The van der Waals surface area contributed by atoms with Crippen LogP contribution in [0.15, 0.2) is 18.5 Å². The maximum absolute atomic E-state index is 12.1. The van der Waals surface area contributed by atoms with E-state index in [9.17, 15) is 4.79 Å². The van der Waals surface area contributed by atoms with Gasteiger partial charge in [-0.2, -0.15) is 11.8 Å². The second kappa shape index (κ2) is 7.17. The van der Waals surface area contributed by atoms with Gasteiger partial charge in [-0.1, -0.05) is 6.92 Å². The summed E-state index contributed by atoms with van der Waals surface area (Å²) in [7, 11) is 1.80. The zero-order chi connectivity index (χ0) is 12.7. The number of rotatable bonds is 6. The first-order valence-electron chi connectivity index (χ1n) is 5.64. The molecular formula is C12H19N3OS. The van der Waals surface area contributed by atoms with Gasteiger partial charge in [-0.3, -0.25) is 9.78 Å². The highest BCUT2D eigenvalue weighted by Gasteiger charge is 2.14. The molecule has 0 radical (unpaired) electrons. The normalized spacial score (nSPS) is 11.9. The van der Waals surface area contributed by atoms with Crippen LogP contribution in [0.5, 0.6) is 0 Å². The van der Waals surface area contributed by atoms with Crippen LogP contribution in [0.25, 0.3) is 0 Å². The molecule has 2 N–H and O–H groups in total. The van der Waals surface area contributed by atoms with Crippen LogP contribution < -0.4 is 10.6 Å². The first kappa shape index (κ1) is 13.8. The summed E-state index contributed by atoms with van der Waals surface area (Å²) in [5.41, 5.74) is 1.39. The van der Waals surface area contributed by atoms with Crippen LogP contribution >= 0.6 is 11.8 Å². The van der Waals surface area contributed by atoms with E-state index in [1.165, 1.54) is 0 Å². The number of nitrogens with one attached hydrogen (secondary N) is 2. The fourth-order valence-electron chi connectivity index (χ4n) is 1.52. The quantitative estimate of drug-likeness (QED) is 0.814. The van der Waals surface area contributed by atoms with Crippen molar-refractivity contribution in [2.75, 3.05) is 24.4 Å². The average molecular weight is 253 g/mol. The SMILES string of the molecule is CCC(CSC)NC(=O)c1cnccc1NC. The molecule has 1 unspecified atom stereocenters. The van der Waals surface area contributed by atoms with Crippen molar-refractivity contribution < 1.29 is 4.79 Å². The zero-order valence-electron chi connectivity index (χ0n) is 10.5. The fraction of sp³-hybridized carbons (Fsp3) is 0.500. The minimum Gasteiger partial charge on any atom is -0.387 e. The van der Waals surface area contributed by atoms with E-state index in [1.807, 2.05) is 6.26 Å². The Morgan fingerprint density at radius 2 is 2.35 bits per heavy atom. The molecule has 0 aliphatic rings. The van der Waals surface area contributed by atoms with Crippen molar-refractivity contribution in [1.29, 1.82) is 0 Å². The number of amides is 1. The first-order chi connectivity index (χ1) is 8.22. The number of nitrogens with zero attached hydrogens (tertiary/aromatic N) is 1. The summed E-state index contributed by atoms with van der Waals surface area (Å²) in [5, 5.41) is 6.01. The number of carbonyl (C=O) groups excluding carboxylic acids is 1. The second-order valence-corrected chi connectivity index (χ2v) is 4.62. The first-order valence-corrected chi connectivity index (χ1v) is 7.03. The highest BCUT2D eigenvalue weighted by atomic mass is 32.2. The Morgan fingerprint density at radius 3 is 2.94 bits per heavy atom. The van der Waals surface area contributed by atoms with Gasteiger partial charge in [0.2, 0.25) is 0 Å². The zero-order valence-corrected chi connectivity index (χ0v) is 11.3. The van der Waals surface area contributed by atoms with Crippen LogP contribution in [0.3, 0.4) is 0 Å². The van der Waals surface area contributed by atoms with Crippen LogP contribution in [-0.4, -0.2) is 36.0 Å². The molecule has 0 saturated carbocycles. The van der Waals surface area contributed by atoms with Crippen LogP contribution in [0.1, 0.15) is 23.7 Å². The lowest BCUT2D eigenvalue weighted by atomic mass is 10.2. The lowest BCUT2D eigenvalue weighted by Crippen LogP contribution is -2.36. The van der Waals surface area contributed by atoms with Crippen LogP contribution in [0.4, 0.5) is 5.69 Å². The van der Waals surface area contributed by atoms with Gasteiger partial charge < -0.3 is 10.6 Å². The molecule has 4 nitrogen and oxygen atoms in total. The summed E-state index contributed by atoms with van der Waals surface area (Å²) in [6.07, 6.45) is 6.23. The molecule has 0 aromatic carbocycles. The molecule has 1 aromatic rings. The Balaban J connectivity index is 2.75. The van der Waals surface area contributed by atoms with Crippen molar-refractivity contribution in [2.24, 2.45) is 0 Å². The maximum atomic E-state index is 12.1. The number of aromatic nitrogens is 1. The largest absolute Gasteiger partial charge is 0.387 e. The Morgan fingerprint density at radius 1 is 1.59 bits per heavy atom. The average Bonchev–Trinajstić information content (AvgIpc) is 2.38. The van der Waals surface area contributed by atoms with Gasteiger partial charge in [0.25, 0.3) is 5.91 Å². The van der Waals surface area contributed by atoms with Crippen molar-refractivity contribution in [3.05, 3.63) is 24.0 Å². The molecule has 1 heterocycles. The molecule has 0 spiro atoms. The van der Waals surface area contributed by atoms with Crippen LogP contribution in [-0.2, 0) is 0 Å². The van der Waals surface area contributed by atoms with Crippen molar-refractivity contribution >= 4 is 23.4 Å². The Bertz CT molecular complexity index is 371. The summed E-state index contributed by atoms with van der Waals surface area (Å²) in [6.45, 7) is 2.07. The second-order valence-electron chi connectivity index (χ2n) is 3.71. The summed E-state index contributed by atoms with van der Waals surface area (Å²) >= 11 is 1.74. The monoisotopic (exact) mass is 253 g/mol. The van der Waals surface area contributed by atoms with Crippen molar-refractivity contribution in [3.63, 3.8) is 0 Å². The van der Waals surface area contributed by atoms with Crippen LogP contribution in [0.2, 0.25) is 0 Å². The number of hydrogen-bond acceptors (Lipinski definition) is 4. The van der Waals surface area contributed by atoms with E-state index in [-0.39, 0.29) is 11.9 Å². The summed E-state index contributed by atoms with van der Waals surface area (Å²) in [4.78, 5) is 16.1. The minimum absolute atomic E-state index is 0.0663. The van der Waals surface area contributed by atoms with Gasteiger partial charge in [-0.25, -0.2) is 0 Å². The topological polar surface area (TPSA) is 54.0 Å². The number of thioether (sulfide) groups is 1. The van der Waals surface area contributed by atoms with Gasteiger partial charge in [0.1, 0.15) is 0 Å². The van der Waals surface area contributed by atoms with E-state index in [1.54, 1.807) is 37.3 Å². The molecule has 0 aliphatic carbocycles. The summed E-state index contributed by atoms with van der Waals surface area (Å²) in [5.74, 6) is 0.862. The van der Waals surface area contributed by atoms with Gasteiger partial charge >= 0.3 is 0 Å². The molecule has 0 bridgehead atoms. The van der Waals surface area contributed by atoms with Crippen molar-refractivity contribution in [2.45, 2.75) is 19.4 Å². The molecular weight excluding hydrogens is 234 g/mol. The highest BCUT2D eigenvalue weighted by Crippen LogP contribution is 2.13. The molecule has 0 saturated heterocycles. The lowest BCUT2D eigenvalue weighted by Gasteiger charge is -2.16. The molecule has 94 valence electrons. The summed E-state index contributed by atoms with van der Waals surface area (Å²) < 4.78 is 0. The Labute approximate surface area is 107 Å². The standard InChI is InChI=1S/C12H19N3OS/c1-4-9(8-17-3)15-12(16)10-7-14-6-5-11(10)13-2/h5-7,9H,4,8H2,1-3H3,(H,13,14)(H,15,16). The highest BCUT2D eigenvalue weighted by molar-refractivity contribution is 7.98. The van der Waals surface area contributed by atoms with Gasteiger partial charge in [0.15, 0.2) is 0 Å². The number of hydrogen-bond donors (Lipinski definition) is 2. The van der Waals surface area contributed by atoms with E-state index in [0.717, 1.165) is 17.9 Å². The van der Waals surface area contributed by atoms with E-state index in [2.05, 4.69) is 22.5 Å². The minimum atomic E-state index is -0.0663. The molecule has 1 aromatic heterocycles. The molecule has 1 atom stereocenters. The van der Waals surface area contributed by atoms with Gasteiger partial charge in [-0.05, 0) is 18.7 Å². The fourth-order valence-corrected chi connectivity index (χ4v) is 2.24. The smallest absolute Gasteiger partial charge is 0.255 e. The van der Waals surface area contributed by atoms with Gasteiger partial charge in [0.05, 0.1) is 5.56 Å². The molecule has 1 rings (SSSR count). The van der Waals surface area contributed by atoms with E-state index >= 15 is 0 Å². The molecule has 0 fully saturated rings. The van der Waals surface area contributed by atoms with Gasteiger partial charge in [0, 0.05) is 36.9 Å². The maximum Gasteiger partial charge on any atom is 0.255 e. The molecule has 17 heavy (non-hydrogen) atoms. The van der Waals surface area contributed by atoms with E-state index < -0.39 is 0 Å². The number of anilines is 1. The van der Waals surface area contributed by atoms with Gasteiger partial charge in [-0.15, -0.1) is 0 Å². The third kappa shape index (κ3) is 3.93. The third-order valence-corrected chi connectivity index (χ3v) is 3.27. The molecule has 1 amide bonds. The number of pyridine rings is 1. The van der Waals surface area contributed by atoms with Crippen LogP contribution in [0, 0.1) is 0 Å². The van der Waals surface area contributed by atoms with E-state index in [4.69, 9.17) is 0 Å². The van der Waals surface area contributed by atoms with Crippen molar-refractivity contribution in [3.8, 4) is 0 Å². The molecule has 5 heteroatoms. The predicted octanol–water partition coefficient (Wildman–Crippen LogP) is 1.99. The Hall–Kier alpha value is -1.23. The van der Waals surface area contributed by atoms with E-state index in [0.29, 0.717) is 5.56 Å². The lowest BCUT2D eigenvalue weighted by molar-refractivity contribution is 0.0940. The third-order valence-electron chi connectivity index (χ3n) is 2.53. The predicted molar refractivity (Wildman–Crippen MR) is 73.7 cm³/mol.